The second kappa shape index (κ2) is 12.3. The molecule has 40 heavy (non-hydrogen) atoms. The quantitative estimate of drug-likeness (QED) is 0.237. The lowest BCUT2D eigenvalue weighted by atomic mass is 9.82. The maximum absolute atomic E-state index is 15.1. The van der Waals surface area contributed by atoms with E-state index < -0.39 is 28.5 Å². The summed E-state index contributed by atoms with van der Waals surface area (Å²) in [5, 5.41) is 29.9. The Kier molecular flexibility index (Phi) is 8.61. The molecule has 1 aliphatic heterocycles. The molecule has 2 amide bonds. The smallest absolute Gasteiger partial charge is 0.269 e. The van der Waals surface area contributed by atoms with E-state index in [1.165, 1.54) is 42.5 Å². The molecule has 0 bridgehead atoms. The molecular weight excluding hydrogens is 533 g/mol. The third-order valence-corrected chi connectivity index (χ3v) is 7.23. The highest BCUT2D eigenvalue weighted by atomic mass is 32.2. The molecular formula is C29H24FN5O4S. The van der Waals surface area contributed by atoms with Gasteiger partial charge in [0.2, 0.25) is 5.91 Å². The van der Waals surface area contributed by atoms with E-state index in [0.29, 0.717) is 22.1 Å². The molecule has 0 unspecified atom stereocenters. The van der Waals surface area contributed by atoms with E-state index in [0.717, 1.165) is 17.3 Å². The Morgan fingerprint density at radius 3 is 2.38 bits per heavy atom. The lowest BCUT2D eigenvalue weighted by molar-refractivity contribution is -0.384. The van der Waals surface area contributed by atoms with Crippen molar-refractivity contribution in [2.45, 2.75) is 19.8 Å². The second-order valence-electron chi connectivity index (χ2n) is 8.88. The Hall–Kier alpha value is -4.95. The minimum absolute atomic E-state index is 0.0961. The maximum Gasteiger partial charge on any atom is 0.269 e. The van der Waals surface area contributed by atoms with Gasteiger partial charge in [-0.3, -0.25) is 19.7 Å². The summed E-state index contributed by atoms with van der Waals surface area (Å²) in [7, 11) is 0. The fourth-order valence-corrected chi connectivity index (χ4v) is 5.14. The van der Waals surface area contributed by atoms with Crippen LogP contribution in [0, 0.1) is 34.2 Å². The predicted octanol–water partition coefficient (Wildman–Crippen LogP) is 5.75. The fraction of sp³-hybridized carbons (Fsp3) is 0.138. The molecule has 0 fully saturated rings. The number of carbonyl (C=O) groups excluding carboxylic acids is 2. The predicted molar refractivity (Wildman–Crippen MR) is 152 cm³/mol. The summed E-state index contributed by atoms with van der Waals surface area (Å²) in [5.74, 6) is -2.61. The number of anilines is 2. The first-order valence-corrected chi connectivity index (χ1v) is 13.1. The van der Waals surface area contributed by atoms with E-state index >= 15 is 4.39 Å². The molecule has 0 spiro atoms. The van der Waals surface area contributed by atoms with E-state index in [-0.39, 0.29) is 28.1 Å². The number of hydrogen-bond acceptors (Lipinski definition) is 7. The van der Waals surface area contributed by atoms with Crippen LogP contribution in [0.3, 0.4) is 0 Å². The zero-order chi connectivity index (χ0) is 28.8. The number of non-ortho nitro benzene ring substituents is 1. The van der Waals surface area contributed by atoms with E-state index in [2.05, 4.69) is 22.0 Å². The summed E-state index contributed by atoms with van der Waals surface area (Å²) < 4.78 is 15.1. The molecule has 0 aliphatic carbocycles. The van der Waals surface area contributed by atoms with E-state index in [9.17, 15) is 25.0 Å². The molecule has 0 radical (unpaired) electrons. The molecule has 202 valence electrons. The van der Waals surface area contributed by atoms with Gasteiger partial charge in [-0.15, -0.1) is 0 Å². The van der Waals surface area contributed by atoms with Gasteiger partial charge < -0.3 is 16.0 Å². The Labute approximate surface area is 233 Å². The number of thioether (sulfide) groups is 1. The number of allylic oxidation sites excluding steroid dienone is 2. The summed E-state index contributed by atoms with van der Waals surface area (Å²) >= 11 is 1.03. The number of aryl methyl sites for hydroxylation is 1. The molecule has 0 saturated carbocycles. The van der Waals surface area contributed by atoms with Crippen molar-refractivity contribution in [3.05, 3.63) is 122 Å². The molecule has 1 aliphatic rings. The second-order valence-corrected chi connectivity index (χ2v) is 9.87. The van der Waals surface area contributed by atoms with Crippen LogP contribution in [0.2, 0.25) is 0 Å². The van der Waals surface area contributed by atoms with Crippen LogP contribution >= 0.6 is 11.8 Å². The van der Waals surface area contributed by atoms with Gasteiger partial charge in [0.1, 0.15) is 5.82 Å². The number of halogens is 1. The van der Waals surface area contributed by atoms with E-state index in [1.807, 2.05) is 19.1 Å². The van der Waals surface area contributed by atoms with Crippen molar-refractivity contribution in [3.63, 3.8) is 0 Å². The van der Waals surface area contributed by atoms with Crippen molar-refractivity contribution in [1.29, 1.82) is 5.26 Å². The standard InChI is InChI=1S/C29H24FN5O4S/c1-17-7-3-6-10-24(17)34-28(37)26-18(2)32-29(22(15-31)27(26)21-8-4-5-9-23(21)30)40-16-25(36)33-19-11-13-20(14-12-19)35(38)39/h3-14,27,32H,16H2,1-2H3,(H,33,36)(H,34,37)/t27-/m1/s1. The number of rotatable bonds is 8. The van der Waals surface area contributed by atoms with Crippen LogP contribution < -0.4 is 16.0 Å². The topological polar surface area (TPSA) is 137 Å². The molecule has 11 heteroatoms. The van der Waals surface area contributed by atoms with Gasteiger partial charge in [0.15, 0.2) is 0 Å². The van der Waals surface area contributed by atoms with Crippen molar-refractivity contribution < 1.29 is 18.9 Å². The molecule has 3 N–H and O–H groups in total. The van der Waals surface area contributed by atoms with Crippen molar-refractivity contribution in [3.8, 4) is 6.07 Å². The lowest BCUT2D eigenvalue weighted by Gasteiger charge is -2.30. The van der Waals surface area contributed by atoms with Gasteiger partial charge in [0.25, 0.3) is 11.6 Å². The number of para-hydroxylation sites is 1. The highest BCUT2D eigenvalue weighted by Gasteiger charge is 2.36. The van der Waals surface area contributed by atoms with Crippen molar-refractivity contribution >= 4 is 40.6 Å². The number of hydrogen-bond donors (Lipinski definition) is 3. The summed E-state index contributed by atoms with van der Waals surface area (Å²) in [6.45, 7) is 3.51. The Balaban J connectivity index is 1.61. The molecule has 3 aromatic rings. The van der Waals surface area contributed by atoms with Crippen molar-refractivity contribution in [1.82, 2.24) is 5.32 Å². The first-order chi connectivity index (χ1) is 19.2. The van der Waals surface area contributed by atoms with Crippen molar-refractivity contribution in [2.75, 3.05) is 16.4 Å². The molecule has 0 saturated heterocycles. The van der Waals surface area contributed by atoms with Gasteiger partial charge in [0.05, 0.1) is 33.3 Å². The van der Waals surface area contributed by atoms with Gasteiger partial charge in [-0.2, -0.15) is 5.26 Å². The summed E-state index contributed by atoms with van der Waals surface area (Å²) in [6.07, 6.45) is 0. The maximum atomic E-state index is 15.1. The molecule has 0 aromatic heterocycles. The largest absolute Gasteiger partial charge is 0.353 e. The molecule has 3 aromatic carbocycles. The van der Waals surface area contributed by atoms with Crippen LogP contribution in [0.15, 0.2) is 94.7 Å². The monoisotopic (exact) mass is 557 g/mol. The zero-order valence-corrected chi connectivity index (χ0v) is 22.3. The van der Waals surface area contributed by atoms with Crippen LogP contribution in [0.25, 0.3) is 0 Å². The summed E-state index contributed by atoms with van der Waals surface area (Å²) in [4.78, 5) is 36.5. The number of benzene rings is 3. The molecule has 1 heterocycles. The Morgan fingerprint density at radius 1 is 1.05 bits per heavy atom. The first kappa shape index (κ1) is 28.1. The average Bonchev–Trinajstić information content (AvgIpc) is 2.93. The number of nitriles is 1. The van der Waals surface area contributed by atoms with Crippen molar-refractivity contribution in [2.24, 2.45) is 0 Å². The van der Waals surface area contributed by atoms with Crippen LogP contribution in [-0.4, -0.2) is 22.5 Å². The van der Waals surface area contributed by atoms with E-state index in [4.69, 9.17) is 0 Å². The molecule has 4 rings (SSSR count). The van der Waals surface area contributed by atoms with E-state index in [1.54, 1.807) is 25.1 Å². The highest BCUT2D eigenvalue weighted by Crippen LogP contribution is 2.42. The number of dihydropyridines is 1. The fourth-order valence-electron chi connectivity index (χ4n) is 4.25. The van der Waals surface area contributed by atoms with Gasteiger partial charge >= 0.3 is 0 Å². The van der Waals surface area contributed by atoms with Gasteiger partial charge in [0, 0.05) is 40.3 Å². The first-order valence-electron chi connectivity index (χ1n) is 12.1. The summed E-state index contributed by atoms with van der Waals surface area (Å²) in [6, 6.07) is 20.7. The molecule has 9 nitrogen and oxygen atoms in total. The number of nitrogens with one attached hydrogen (secondary N) is 3. The van der Waals surface area contributed by atoms with Gasteiger partial charge in [-0.1, -0.05) is 48.2 Å². The lowest BCUT2D eigenvalue weighted by Crippen LogP contribution is -2.31. The minimum atomic E-state index is -1.02. The normalized spacial score (nSPS) is 14.7. The number of nitro groups is 1. The number of nitro benzene ring substituents is 1. The third-order valence-electron chi connectivity index (χ3n) is 6.21. The SMILES string of the molecule is CC1=C(C(=O)Nc2ccccc2C)[C@H](c2ccccc2F)C(C#N)=C(SCC(=O)Nc2ccc([N+](=O)[O-])cc2)N1. The Morgan fingerprint density at radius 2 is 1.73 bits per heavy atom. The summed E-state index contributed by atoms with van der Waals surface area (Å²) in [5.41, 5.74) is 2.55. The van der Waals surface area contributed by atoms with Crippen LogP contribution in [0.5, 0.6) is 0 Å². The average molecular weight is 558 g/mol. The van der Waals surface area contributed by atoms with Gasteiger partial charge in [-0.25, -0.2) is 4.39 Å². The highest BCUT2D eigenvalue weighted by molar-refractivity contribution is 8.03. The van der Waals surface area contributed by atoms with Crippen LogP contribution in [0.4, 0.5) is 21.5 Å². The zero-order valence-electron chi connectivity index (χ0n) is 21.5. The van der Waals surface area contributed by atoms with Gasteiger partial charge in [-0.05, 0) is 43.7 Å². The Bertz CT molecular complexity index is 1590. The molecule has 1 atom stereocenters. The number of amides is 2. The minimum Gasteiger partial charge on any atom is -0.353 e. The number of nitrogens with zero attached hydrogens (tertiary/aromatic N) is 2. The van der Waals surface area contributed by atoms with Crippen LogP contribution in [0.1, 0.15) is 24.0 Å². The third kappa shape index (κ3) is 6.19. The van der Waals surface area contributed by atoms with Crippen LogP contribution in [-0.2, 0) is 9.59 Å². The number of carbonyl (C=O) groups is 2.